The second-order valence-corrected chi connectivity index (χ2v) is 4.60. The van der Waals surface area contributed by atoms with Crippen LogP contribution < -0.4 is 5.73 Å². The molecule has 0 fully saturated rings. The van der Waals surface area contributed by atoms with Crippen LogP contribution in [-0.2, 0) is 0 Å². The van der Waals surface area contributed by atoms with E-state index in [-0.39, 0.29) is 6.04 Å². The fraction of sp³-hybridized carbons (Fsp3) is 0.133. The molecule has 0 saturated heterocycles. The van der Waals surface area contributed by atoms with Gasteiger partial charge in [-0.05, 0) is 36.2 Å². The van der Waals surface area contributed by atoms with Gasteiger partial charge in [0.05, 0.1) is 17.9 Å². The maximum Gasteiger partial charge on any atom is 0.104 e. The molecule has 1 aromatic carbocycles. The Balaban J connectivity index is 1.93. The summed E-state index contributed by atoms with van der Waals surface area (Å²) in [6.45, 7) is 2.01. The third-order valence-corrected chi connectivity index (χ3v) is 3.23. The Labute approximate surface area is 117 Å². The van der Waals surface area contributed by atoms with Crippen LogP contribution in [0.2, 0.25) is 0 Å². The quantitative estimate of drug-likeness (QED) is 0.786. The standard InChI is InChI=1S/C15H15N5/c1-11-7-8-17-9-13(11)15(16)14-10-18-20(19-14)12-5-3-2-4-6-12/h2-10,15H,16H2,1H3. The molecule has 1 atom stereocenters. The maximum absolute atomic E-state index is 6.25. The fourth-order valence-electron chi connectivity index (χ4n) is 2.06. The molecule has 20 heavy (non-hydrogen) atoms. The smallest absolute Gasteiger partial charge is 0.104 e. The van der Waals surface area contributed by atoms with Gasteiger partial charge in [0.2, 0.25) is 0 Å². The number of para-hydroxylation sites is 1. The van der Waals surface area contributed by atoms with Crippen molar-refractivity contribution in [3.8, 4) is 5.69 Å². The van der Waals surface area contributed by atoms with Crippen molar-refractivity contribution in [3.05, 3.63) is 71.8 Å². The van der Waals surface area contributed by atoms with Gasteiger partial charge in [-0.3, -0.25) is 4.98 Å². The van der Waals surface area contributed by atoms with Crippen molar-refractivity contribution in [1.29, 1.82) is 0 Å². The molecule has 0 bridgehead atoms. The van der Waals surface area contributed by atoms with E-state index in [4.69, 9.17) is 5.73 Å². The summed E-state index contributed by atoms with van der Waals surface area (Å²) in [7, 11) is 0. The number of aromatic nitrogens is 4. The minimum absolute atomic E-state index is 0.318. The van der Waals surface area contributed by atoms with Crippen LogP contribution in [0, 0.1) is 6.92 Å². The van der Waals surface area contributed by atoms with Crippen molar-refractivity contribution in [2.24, 2.45) is 5.73 Å². The first kappa shape index (κ1) is 12.5. The molecular formula is C15H15N5. The van der Waals surface area contributed by atoms with Crippen molar-refractivity contribution in [1.82, 2.24) is 20.0 Å². The molecule has 1 unspecified atom stereocenters. The largest absolute Gasteiger partial charge is 0.319 e. The van der Waals surface area contributed by atoms with E-state index in [9.17, 15) is 0 Å². The minimum Gasteiger partial charge on any atom is -0.319 e. The summed E-state index contributed by atoms with van der Waals surface area (Å²) in [6.07, 6.45) is 5.23. The van der Waals surface area contributed by atoms with Crippen LogP contribution in [-0.4, -0.2) is 20.0 Å². The van der Waals surface area contributed by atoms with E-state index in [1.54, 1.807) is 23.4 Å². The lowest BCUT2D eigenvalue weighted by molar-refractivity contribution is 0.717. The Morgan fingerprint density at radius 3 is 2.65 bits per heavy atom. The van der Waals surface area contributed by atoms with Crippen LogP contribution >= 0.6 is 0 Å². The molecule has 0 amide bonds. The van der Waals surface area contributed by atoms with Crippen LogP contribution in [0.3, 0.4) is 0 Å². The van der Waals surface area contributed by atoms with Crippen molar-refractivity contribution in [2.75, 3.05) is 0 Å². The molecule has 0 aliphatic rings. The van der Waals surface area contributed by atoms with Gasteiger partial charge < -0.3 is 5.73 Å². The fourth-order valence-corrected chi connectivity index (χ4v) is 2.06. The van der Waals surface area contributed by atoms with Crippen LogP contribution in [0.5, 0.6) is 0 Å². The van der Waals surface area contributed by atoms with Gasteiger partial charge in [-0.2, -0.15) is 15.0 Å². The molecule has 100 valence electrons. The number of rotatable bonds is 3. The number of hydrogen-bond acceptors (Lipinski definition) is 4. The molecule has 0 aliphatic carbocycles. The van der Waals surface area contributed by atoms with E-state index in [1.165, 1.54) is 0 Å². The topological polar surface area (TPSA) is 69.6 Å². The van der Waals surface area contributed by atoms with E-state index in [2.05, 4.69) is 15.2 Å². The molecule has 0 aliphatic heterocycles. The van der Waals surface area contributed by atoms with Crippen molar-refractivity contribution in [2.45, 2.75) is 13.0 Å². The van der Waals surface area contributed by atoms with E-state index in [0.717, 1.165) is 22.5 Å². The lowest BCUT2D eigenvalue weighted by Crippen LogP contribution is -2.14. The Morgan fingerprint density at radius 2 is 1.90 bits per heavy atom. The molecule has 5 heteroatoms. The summed E-state index contributed by atoms with van der Waals surface area (Å²) in [4.78, 5) is 5.71. The van der Waals surface area contributed by atoms with Gasteiger partial charge in [0, 0.05) is 12.4 Å². The molecule has 3 aromatic rings. The lowest BCUT2D eigenvalue weighted by atomic mass is 10.0. The van der Waals surface area contributed by atoms with Crippen LogP contribution in [0.1, 0.15) is 22.9 Å². The van der Waals surface area contributed by atoms with E-state index >= 15 is 0 Å². The van der Waals surface area contributed by atoms with Gasteiger partial charge in [0.1, 0.15) is 5.69 Å². The number of pyridine rings is 1. The van der Waals surface area contributed by atoms with E-state index in [0.29, 0.717) is 0 Å². The van der Waals surface area contributed by atoms with Crippen molar-refractivity contribution < 1.29 is 0 Å². The highest BCUT2D eigenvalue weighted by Crippen LogP contribution is 2.20. The lowest BCUT2D eigenvalue weighted by Gasteiger charge is -2.10. The summed E-state index contributed by atoms with van der Waals surface area (Å²) in [5.41, 5.74) is 9.95. The molecule has 5 nitrogen and oxygen atoms in total. The zero-order chi connectivity index (χ0) is 13.9. The summed E-state index contributed by atoms with van der Waals surface area (Å²) >= 11 is 0. The molecular weight excluding hydrogens is 250 g/mol. The van der Waals surface area contributed by atoms with E-state index in [1.807, 2.05) is 43.3 Å². The number of aryl methyl sites for hydroxylation is 1. The highest BCUT2D eigenvalue weighted by molar-refractivity contribution is 5.32. The third kappa shape index (κ3) is 2.31. The summed E-state index contributed by atoms with van der Waals surface area (Å²) in [5, 5.41) is 8.72. The van der Waals surface area contributed by atoms with Gasteiger partial charge in [-0.1, -0.05) is 18.2 Å². The number of nitrogens with zero attached hydrogens (tertiary/aromatic N) is 4. The zero-order valence-electron chi connectivity index (χ0n) is 11.1. The zero-order valence-corrected chi connectivity index (χ0v) is 11.1. The first-order valence-corrected chi connectivity index (χ1v) is 6.39. The summed E-state index contributed by atoms with van der Waals surface area (Å²) < 4.78 is 0. The van der Waals surface area contributed by atoms with Gasteiger partial charge >= 0.3 is 0 Å². The van der Waals surface area contributed by atoms with Gasteiger partial charge in [0.15, 0.2) is 0 Å². The molecule has 3 rings (SSSR count). The average Bonchev–Trinajstić information content (AvgIpc) is 2.98. The highest BCUT2D eigenvalue weighted by atomic mass is 15.5. The minimum atomic E-state index is -0.318. The van der Waals surface area contributed by atoms with Crippen LogP contribution in [0.15, 0.2) is 55.0 Å². The SMILES string of the molecule is Cc1ccncc1C(N)c1cnn(-c2ccccc2)n1. The number of nitrogens with two attached hydrogens (primary N) is 1. The second-order valence-electron chi connectivity index (χ2n) is 4.60. The molecule has 2 aromatic heterocycles. The van der Waals surface area contributed by atoms with Gasteiger partial charge in [-0.25, -0.2) is 0 Å². The number of hydrogen-bond donors (Lipinski definition) is 1. The monoisotopic (exact) mass is 265 g/mol. The summed E-state index contributed by atoms with van der Waals surface area (Å²) in [5.74, 6) is 0. The molecule has 0 radical (unpaired) electrons. The molecule has 2 heterocycles. The highest BCUT2D eigenvalue weighted by Gasteiger charge is 2.15. The molecule has 0 saturated carbocycles. The van der Waals surface area contributed by atoms with E-state index < -0.39 is 0 Å². The Bertz CT molecular complexity index is 705. The molecule has 0 spiro atoms. The normalized spacial score (nSPS) is 12.3. The maximum atomic E-state index is 6.25. The predicted molar refractivity (Wildman–Crippen MR) is 76.4 cm³/mol. The first-order valence-electron chi connectivity index (χ1n) is 6.39. The molecule has 2 N–H and O–H groups in total. The Hall–Kier alpha value is -2.53. The number of benzene rings is 1. The van der Waals surface area contributed by atoms with Crippen LogP contribution in [0.25, 0.3) is 5.69 Å². The Kier molecular flexibility index (Phi) is 3.26. The third-order valence-electron chi connectivity index (χ3n) is 3.23. The first-order chi connectivity index (χ1) is 9.75. The second kappa shape index (κ2) is 5.22. The van der Waals surface area contributed by atoms with Crippen molar-refractivity contribution >= 4 is 0 Å². The predicted octanol–water partition coefficient (Wildman–Crippen LogP) is 2.02. The van der Waals surface area contributed by atoms with Gasteiger partial charge in [-0.15, -0.1) is 0 Å². The van der Waals surface area contributed by atoms with Crippen LogP contribution in [0.4, 0.5) is 0 Å². The van der Waals surface area contributed by atoms with Crippen molar-refractivity contribution in [3.63, 3.8) is 0 Å². The summed E-state index contributed by atoms with van der Waals surface area (Å²) in [6, 6.07) is 11.4. The average molecular weight is 265 g/mol. The van der Waals surface area contributed by atoms with Gasteiger partial charge in [0.25, 0.3) is 0 Å². The Morgan fingerprint density at radius 1 is 1.10 bits per heavy atom.